The molecule has 1 aromatic heterocycles. The van der Waals surface area contributed by atoms with Gasteiger partial charge in [0.05, 0.1) is 20.2 Å². The Bertz CT molecular complexity index is 773. The van der Waals surface area contributed by atoms with Gasteiger partial charge in [-0.15, -0.1) is 0 Å². The van der Waals surface area contributed by atoms with E-state index in [0.717, 1.165) is 41.7 Å². The summed E-state index contributed by atoms with van der Waals surface area (Å²) < 4.78 is 0.838. The molecule has 3 nitrogen and oxygen atoms in total. The number of thiazole rings is 1. The smallest absolute Gasteiger partial charge is 0.232 e. The Hall–Kier alpha value is -0.840. The van der Waals surface area contributed by atoms with E-state index in [9.17, 15) is 4.79 Å². The Labute approximate surface area is 154 Å². The van der Waals surface area contributed by atoms with Crippen molar-refractivity contribution in [3.63, 3.8) is 0 Å². The molecule has 4 aliphatic rings. The quantitative estimate of drug-likeness (QED) is 0.719. The molecule has 4 saturated carbocycles. The minimum atomic E-state index is -0.166. The molecule has 1 N–H and O–H groups in total. The summed E-state index contributed by atoms with van der Waals surface area (Å²) in [6, 6.07) is 3.52. The molecule has 4 fully saturated rings. The van der Waals surface area contributed by atoms with E-state index in [-0.39, 0.29) is 11.3 Å². The number of carbonyl (C=O) groups is 1. The second-order valence-corrected chi connectivity index (χ2v) is 9.69. The number of anilines is 1. The van der Waals surface area contributed by atoms with Crippen LogP contribution in [0.2, 0.25) is 10.0 Å². The first-order valence-corrected chi connectivity index (χ1v) is 10.2. The van der Waals surface area contributed by atoms with Gasteiger partial charge in [0, 0.05) is 0 Å². The summed E-state index contributed by atoms with van der Waals surface area (Å²) >= 11 is 13.9. The molecule has 6 heteroatoms. The third-order valence-corrected chi connectivity index (χ3v) is 7.92. The predicted octanol–water partition coefficient (Wildman–Crippen LogP) is 5.76. The summed E-state index contributed by atoms with van der Waals surface area (Å²) in [7, 11) is 0. The van der Waals surface area contributed by atoms with E-state index in [1.165, 1.54) is 30.6 Å². The fraction of sp³-hybridized carbons (Fsp3) is 0.556. The zero-order valence-electron chi connectivity index (χ0n) is 13.1. The van der Waals surface area contributed by atoms with Crippen LogP contribution in [-0.4, -0.2) is 10.9 Å². The average molecular weight is 381 g/mol. The monoisotopic (exact) mass is 380 g/mol. The lowest BCUT2D eigenvalue weighted by Gasteiger charge is -2.55. The molecule has 24 heavy (non-hydrogen) atoms. The largest absolute Gasteiger partial charge is 0.301 e. The lowest BCUT2D eigenvalue weighted by Crippen LogP contribution is -2.51. The number of hydrogen-bond acceptors (Lipinski definition) is 3. The molecule has 0 spiro atoms. The second kappa shape index (κ2) is 5.33. The summed E-state index contributed by atoms with van der Waals surface area (Å²) in [5.41, 5.74) is 0.509. The third-order valence-electron chi connectivity index (χ3n) is 6.19. The van der Waals surface area contributed by atoms with Crippen molar-refractivity contribution >= 4 is 55.8 Å². The van der Waals surface area contributed by atoms with Gasteiger partial charge in [-0.3, -0.25) is 4.79 Å². The number of rotatable bonds is 2. The molecule has 126 valence electrons. The summed E-state index contributed by atoms with van der Waals surface area (Å²) in [6.07, 6.45) is 7.16. The molecule has 0 unspecified atom stereocenters. The topological polar surface area (TPSA) is 42.0 Å². The van der Waals surface area contributed by atoms with Gasteiger partial charge in [0.15, 0.2) is 5.13 Å². The molecule has 6 rings (SSSR count). The molecular weight excluding hydrogens is 363 g/mol. The fourth-order valence-electron chi connectivity index (χ4n) is 5.62. The lowest BCUT2D eigenvalue weighted by atomic mass is 9.49. The van der Waals surface area contributed by atoms with Gasteiger partial charge in [0.2, 0.25) is 5.91 Å². The van der Waals surface area contributed by atoms with E-state index in [0.29, 0.717) is 20.7 Å². The average Bonchev–Trinajstić information content (AvgIpc) is 2.95. The molecule has 4 bridgehead atoms. The molecule has 0 saturated heterocycles. The minimum absolute atomic E-state index is 0.160. The lowest BCUT2D eigenvalue weighted by molar-refractivity contribution is -0.140. The van der Waals surface area contributed by atoms with Crippen LogP contribution in [0.15, 0.2) is 12.1 Å². The van der Waals surface area contributed by atoms with Gasteiger partial charge < -0.3 is 5.32 Å². The van der Waals surface area contributed by atoms with Crippen molar-refractivity contribution in [1.29, 1.82) is 0 Å². The van der Waals surface area contributed by atoms with E-state index in [4.69, 9.17) is 23.2 Å². The SMILES string of the molecule is O=C(Nc1nc2c(Cl)ccc(Cl)c2s1)C12CC3CC(CC(C3)C1)C2. The Kier molecular flexibility index (Phi) is 3.42. The first kappa shape index (κ1) is 15.4. The highest BCUT2D eigenvalue weighted by Crippen LogP contribution is 2.60. The van der Waals surface area contributed by atoms with Crippen LogP contribution in [0.5, 0.6) is 0 Å². The van der Waals surface area contributed by atoms with E-state index in [1.54, 1.807) is 12.1 Å². The molecule has 4 aliphatic carbocycles. The van der Waals surface area contributed by atoms with Crippen molar-refractivity contribution in [2.45, 2.75) is 38.5 Å². The van der Waals surface area contributed by atoms with E-state index < -0.39 is 0 Å². The molecule has 0 radical (unpaired) electrons. The number of fused-ring (bicyclic) bond motifs is 1. The maximum absolute atomic E-state index is 13.1. The number of aromatic nitrogens is 1. The summed E-state index contributed by atoms with van der Waals surface area (Å²) in [6.45, 7) is 0. The highest BCUT2D eigenvalue weighted by Gasteiger charge is 2.54. The van der Waals surface area contributed by atoms with Gasteiger partial charge >= 0.3 is 0 Å². The number of halogens is 2. The van der Waals surface area contributed by atoms with Crippen molar-refractivity contribution in [3.8, 4) is 0 Å². The highest BCUT2D eigenvalue weighted by atomic mass is 35.5. The van der Waals surface area contributed by atoms with E-state index in [1.807, 2.05) is 0 Å². The summed E-state index contributed by atoms with van der Waals surface area (Å²) in [4.78, 5) is 17.6. The van der Waals surface area contributed by atoms with Gasteiger partial charge in [0.25, 0.3) is 0 Å². The normalized spacial score (nSPS) is 34.0. The van der Waals surface area contributed by atoms with Gasteiger partial charge in [0.1, 0.15) is 5.52 Å². The minimum Gasteiger partial charge on any atom is -0.301 e. The summed E-state index contributed by atoms with van der Waals surface area (Å²) in [5, 5.41) is 4.90. The van der Waals surface area contributed by atoms with Crippen LogP contribution in [0.25, 0.3) is 10.2 Å². The number of nitrogens with one attached hydrogen (secondary N) is 1. The van der Waals surface area contributed by atoms with Crippen molar-refractivity contribution in [2.75, 3.05) is 5.32 Å². The van der Waals surface area contributed by atoms with Crippen molar-refractivity contribution in [2.24, 2.45) is 23.2 Å². The van der Waals surface area contributed by atoms with Crippen LogP contribution in [0, 0.1) is 23.2 Å². The molecule has 0 atom stereocenters. The van der Waals surface area contributed by atoms with Crippen LogP contribution in [0.4, 0.5) is 5.13 Å². The molecular formula is C18H18Cl2N2OS. The standard InChI is InChI=1S/C18H18Cl2N2OS/c19-12-1-2-13(20)15-14(12)21-17(24-15)22-16(23)18-6-9-3-10(7-18)5-11(4-9)8-18/h1-2,9-11H,3-8H2,(H,21,22,23). The first-order chi connectivity index (χ1) is 11.5. The van der Waals surface area contributed by atoms with Crippen LogP contribution < -0.4 is 5.32 Å². The maximum Gasteiger partial charge on any atom is 0.232 e. The number of hydrogen-bond donors (Lipinski definition) is 1. The Morgan fingerprint density at radius 2 is 1.67 bits per heavy atom. The first-order valence-electron chi connectivity index (χ1n) is 8.58. The Morgan fingerprint density at radius 3 is 2.25 bits per heavy atom. The van der Waals surface area contributed by atoms with Crippen LogP contribution in [0.3, 0.4) is 0 Å². The zero-order valence-corrected chi connectivity index (χ0v) is 15.5. The predicted molar refractivity (Wildman–Crippen MR) is 98.9 cm³/mol. The van der Waals surface area contributed by atoms with E-state index in [2.05, 4.69) is 10.3 Å². The van der Waals surface area contributed by atoms with Crippen molar-refractivity contribution < 1.29 is 4.79 Å². The van der Waals surface area contributed by atoms with Gasteiger partial charge in [-0.25, -0.2) is 4.98 Å². The Balaban J connectivity index is 1.45. The second-order valence-electron chi connectivity index (χ2n) is 7.88. The molecule has 0 aliphatic heterocycles. The van der Waals surface area contributed by atoms with Gasteiger partial charge in [-0.05, 0) is 68.4 Å². The number of carbonyl (C=O) groups excluding carboxylic acids is 1. The van der Waals surface area contributed by atoms with E-state index >= 15 is 0 Å². The maximum atomic E-state index is 13.1. The highest BCUT2D eigenvalue weighted by molar-refractivity contribution is 7.23. The molecule has 2 aromatic rings. The molecule has 1 amide bonds. The van der Waals surface area contributed by atoms with Crippen molar-refractivity contribution in [1.82, 2.24) is 4.98 Å². The molecule has 1 heterocycles. The van der Waals surface area contributed by atoms with Crippen LogP contribution >= 0.6 is 34.5 Å². The van der Waals surface area contributed by atoms with Crippen molar-refractivity contribution in [3.05, 3.63) is 22.2 Å². The zero-order chi connectivity index (χ0) is 16.5. The fourth-order valence-corrected chi connectivity index (χ4v) is 7.03. The molecule has 1 aromatic carbocycles. The van der Waals surface area contributed by atoms with Gasteiger partial charge in [-0.1, -0.05) is 34.5 Å². The van der Waals surface area contributed by atoms with Crippen LogP contribution in [0.1, 0.15) is 38.5 Å². The number of benzene rings is 1. The Morgan fingerprint density at radius 1 is 1.08 bits per heavy atom. The summed E-state index contributed by atoms with van der Waals surface area (Å²) in [5.74, 6) is 2.41. The number of nitrogens with zero attached hydrogens (tertiary/aromatic N) is 1. The number of amides is 1. The third kappa shape index (κ3) is 2.30. The van der Waals surface area contributed by atoms with Crippen LogP contribution in [-0.2, 0) is 4.79 Å². The van der Waals surface area contributed by atoms with Gasteiger partial charge in [-0.2, -0.15) is 0 Å².